The van der Waals surface area contributed by atoms with E-state index in [4.69, 9.17) is 11.6 Å². The molecule has 0 atom stereocenters. The van der Waals surface area contributed by atoms with E-state index in [1.54, 1.807) is 12.1 Å². The molecule has 1 aromatic carbocycles. The van der Waals surface area contributed by atoms with E-state index in [9.17, 15) is 5.11 Å². The highest BCUT2D eigenvalue weighted by atomic mass is 35.5. The van der Waals surface area contributed by atoms with Gasteiger partial charge in [-0.2, -0.15) is 0 Å². The van der Waals surface area contributed by atoms with Gasteiger partial charge in [-0.25, -0.2) is 0 Å². The highest BCUT2D eigenvalue weighted by Gasteiger charge is 2.06. The summed E-state index contributed by atoms with van der Waals surface area (Å²) < 4.78 is 0. The van der Waals surface area contributed by atoms with Gasteiger partial charge in [0, 0.05) is 25.5 Å². The molecule has 20 heavy (non-hydrogen) atoms. The molecule has 0 aliphatic heterocycles. The number of pyridine rings is 1. The molecule has 1 aromatic heterocycles. The highest BCUT2D eigenvalue weighted by molar-refractivity contribution is 6.33. The number of aryl methyl sites for hydroxylation is 1. The number of benzene rings is 1. The zero-order chi connectivity index (χ0) is 14.7. The Labute approximate surface area is 124 Å². The Morgan fingerprint density at radius 2 is 2.00 bits per heavy atom. The van der Waals surface area contributed by atoms with E-state index in [2.05, 4.69) is 10.3 Å². The summed E-state index contributed by atoms with van der Waals surface area (Å²) in [7, 11) is 3.89. The van der Waals surface area contributed by atoms with Crippen LogP contribution in [-0.4, -0.2) is 24.2 Å². The van der Waals surface area contributed by atoms with Crippen LogP contribution in [0.25, 0.3) is 0 Å². The maximum Gasteiger partial charge on any atom is 0.138 e. The summed E-state index contributed by atoms with van der Waals surface area (Å²) in [6.07, 6.45) is 0. The van der Waals surface area contributed by atoms with Gasteiger partial charge in [0.1, 0.15) is 11.4 Å². The predicted octanol–water partition coefficient (Wildman–Crippen LogP) is 3.43. The first-order chi connectivity index (χ1) is 9.47. The minimum absolute atomic E-state index is 0.194. The summed E-state index contributed by atoms with van der Waals surface area (Å²) in [4.78, 5) is 6.26. The lowest BCUT2D eigenvalue weighted by Crippen LogP contribution is -2.09. The lowest BCUT2D eigenvalue weighted by Gasteiger charge is -2.15. The second kappa shape index (κ2) is 6.01. The molecular formula is C15H18ClN3O. The molecule has 0 aliphatic carbocycles. The van der Waals surface area contributed by atoms with Crippen molar-refractivity contribution in [1.82, 2.24) is 4.98 Å². The number of hydrogen-bond acceptors (Lipinski definition) is 4. The second-order valence-electron chi connectivity index (χ2n) is 4.83. The predicted molar refractivity (Wildman–Crippen MR) is 83.7 cm³/mol. The van der Waals surface area contributed by atoms with E-state index < -0.39 is 0 Å². The van der Waals surface area contributed by atoms with Crippen molar-refractivity contribution in [2.45, 2.75) is 13.5 Å². The number of anilines is 2. The van der Waals surface area contributed by atoms with E-state index in [0.717, 1.165) is 17.1 Å². The van der Waals surface area contributed by atoms with Crippen LogP contribution >= 0.6 is 11.6 Å². The molecule has 0 spiro atoms. The third-order valence-electron chi connectivity index (χ3n) is 2.98. The van der Waals surface area contributed by atoms with E-state index in [1.165, 1.54) is 0 Å². The van der Waals surface area contributed by atoms with Gasteiger partial charge in [0.2, 0.25) is 0 Å². The van der Waals surface area contributed by atoms with Crippen molar-refractivity contribution in [3.63, 3.8) is 0 Å². The van der Waals surface area contributed by atoms with Crippen LogP contribution in [0, 0.1) is 6.92 Å². The maximum absolute atomic E-state index is 9.75. The van der Waals surface area contributed by atoms with E-state index >= 15 is 0 Å². The fraction of sp³-hybridized carbons (Fsp3) is 0.267. The molecule has 5 heteroatoms. The third-order valence-corrected chi connectivity index (χ3v) is 3.28. The number of nitrogens with one attached hydrogen (secondary N) is 1. The molecule has 0 fully saturated rings. The number of hydrogen-bond donors (Lipinski definition) is 2. The molecule has 0 aliphatic rings. The van der Waals surface area contributed by atoms with Crippen molar-refractivity contribution in [2.24, 2.45) is 0 Å². The van der Waals surface area contributed by atoms with Crippen LogP contribution in [0.1, 0.15) is 11.4 Å². The first-order valence-corrected chi connectivity index (χ1v) is 6.71. The van der Waals surface area contributed by atoms with Crippen LogP contribution in [0.2, 0.25) is 5.02 Å². The Bertz CT molecular complexity index is 614. The molecule has 1 heterocycles. The third kappa shape index (κ3) is 3.33. The number of aromatic nitrogens is 1. The van der Waals surface area contributed by atoms with Gasteiger partial charge >= 0.3 is 0 Å². The van der Waals surface area contributed by atoms with Crippen LogP contribution in [0.4, 0.5) is 11.4 Å². The molecule has 2 aromatic rings. The Kier molecular flexibility index (Phi) is 4.35. The molecule has 2 N–H and O–H groups in total. The molecule has 0 bridgehead atoms. The van der Waals surface area contributed by atoms with Crippen LogP contribution in [0.5, 0.6) is 5.75 Å². The molecule has 0 amide bonds. The van der Waals surface area contributed by atoms with Crippen molar-refractivity contribution in [1.29, 1.82) is 0 Å². The molecule has 0 saturated heterocycles. The van der Waals surface area contributed by atoms with Gasteiger partial charge < -0.3 is 15.3 Å². The second-order valence-corrected chi connectivity index (χ2v) is 5.24. The summed E-state index contributed by atoms with van der Waals surface area (Å²) in [5.41, 5.74) is 3.36. The minimum atomic E-state index is 0.194. The van der Waals surface area contributed by atoms with Crippen LogP contribution in [0.15, 0.2) is 30.3 Å². The summed E-state index contributed by atoms with van der Waals surface area (Å²) in [5, 5.41) is 13.6. The molecule has 106 valence electrons. The van der Waals surface area contributed by atoms with Gasteiger partial charge in [-0.3, -0.25) is 4.98 Å². The van der Waals surface area contributed by atoms with Crippen LogP contribution in [-0.2, 0) is 6.54 Å². The Morgan fingerprint density at radius 3 is 2.65 bits per heavy atom. The highest BCUT2D eigenvalue weighted by Crippen LogP contribution is 2.27. The number of aromatic hydroxyl groups is 1. The monoisotopic (exact) mass is 291 g/mol. The number of rotatable bonds is 4. The van der Waals surface area contributed by atoms with E-state index in [-0.39, 0.29) is 5.75 Å². The fourth-order valence-electron chi connectivity index (χ4n) is 1.90. The number of nitrogens with zero attached hydrogens (tertiary/aromatic N) is 2. The van der Waals surface area contributed by atoms with Gasteiger partial charge in [-0.05, 0) is 37.3 Å². The summed E-state index contributed by atoms with van der Waals surface area (Å²) in [5.74, 6) is 0.194. The minimum Gasteiger partial charge on any atom is -0.506 e. The van der Waals surface area contributed by atoms with Crippen molar-refractivity contribution in [3.8, 4) is 5.75 Å². The first kappa shape index (κ1) is 14.5. The zero-order valence-corrected chi connectivity index (χ0v) is 12.6. The summed E-state index contributed by atoms with van der Waals surface area (Å²) in [6.45, 7) is 2.34. The van der Waals surface area contributed by atoms with Crippen molar-refractivity contribution >= 4 is 23.0 Å². The molecule has 0 radical (unpaired) electrons. The van der Waals surface area contributed by atoms with Crippen LogP contribution in [0.3, 0.4) is 0 Å². The average Bonchev–Trinajstić information content (AvgIpc) is 2.39. The fourth-order valence-corrected chi connectivity index (χ4v) is 2.25. The molecule has 0 unspecified atom stereocenters. The van der Waals surface area contributed by atoms with Crippen molar-refractivity contribution in [2.75, 3.05) is 24.3 Å². The maximum atomic E-state index is 9.75. The molecule has 2 rings (SSSR count). The smallest absolute Gasteiger partial charge is 0.138 e. The normalized spacial score (nSPS) is 10.4. The summed E-state index contributed by atoms with van der Waals surface area (Å²) >= 11 is 6.22. The number of halogens is 1. The SMILES string of the molecule is Cc1ccc(O)c(CNc2ccc(N(C)C)c(Cl)c2)n1. The lowest BCUT2D eigenvalue weighted by molar-refractivity contribution is 0.464. The summed E-state index contributed by atoms with van der Waals surface area (Å²) in [6, 6.07) is 9.20. The zero-order valence-electron chi connectivity index (χ0n) is 11.8. The molecular weight excluding hydrogens is 274 g/mol. The van der Waals surface area contributed by atoms with Gasteiger partial charge in [0.25, 0.3) is 0 Å². The topological polar surface area (TPSA) is 48.4 Å². The van der Waals surface area contributed by atoms with Gasteiger partial charge in [-0.15, -0.1) is 0 Å². The average molecular weight is 292 g/mol. The van der Waals surface area contributed by atoms with Gasteiger partial charge in [0.05, 0.1) is 17.3 Å². The van der Waals surface area contributed by atoms with Crippen molar-refractivity contribution < 1.29 is 5.11 Å². The lowest BCUT2D eigenvalue weighted by atomic mass is 10.2. The van der Waals surface area contributed by atoms with Gasteiger partial charge in [-0.1, -0.05) is 11.6 Å². The molecule has 0 saturated carbocycles. The standard InChI is InChI=1S/C15H18ClN3O/c1-10-4-7-15(20)13(18-10)9-17-11-5-6-14(19(2)3)12(16)8-11/h4-8,17,20H,9H2,1-3H3. The Balaban J connectivity index is 2.11. The van der Waals surface area contributed by atoms with Crippen molar-refractivity contribution in [3.05, 3.63) is 46.7 Å². The largest absolute Gasteiger partial charge is 0.506 e. The van der Waals surface area contributed by atoms with Crippen LogP contribution < -0.4 is 10.2 Å². The van der Waals surface area contributed by atoms with Gasteiger partial charge in [0.15, 0.2) is 0 Å². The Morgan fingerprint density at radius 1 is 1.25 bits per heavy atom. The molecule has 4 nitrogen and oxygen atoms in total. The quantitative estimate of drug-likeness (QED) is 0.906. The Hall–Kier alpha value is -1.94. The van der Waals surface area contributed by atoms with E-state index in [1.807, 2.05) is 44.1 Å². The first-order valence-electron chi connectivity index (χ1n) is 6.33. The van der Waals surface area contributed by atoms with E-state index in [0.29, 0.717) is 17.3 Å².